The van der Waals surface area contributed by atoms with Gasteiger partial charge in [-0.1, -0.05) is 11.6 Å². The maximum Gasteiger partial charge on any atom is 0.422 e. The van der Waals surface area contributed by atoms with E-state index in [1.54, 1.807) is 11.9 Å². The quantitative estimate of drug-likeness (QED) is 0.358. The molecule has 1 saturated carbocycles. The van der Waals surface area contributed by atoms with E-state index in [2.05, 4.69) is 25.3 Å². The summed E-state index contributed by atoms with van der Waals surface area (Å²) in [5.74, 6) is -0.516. The number of pyridine rings is 1. The maximum absolute atomic E-state index is 13.2. The molecule has 2 aliphatic rings. The van der Waals surface area contributed by atoms with Gasteiger partial charge in [-0.05, 0) is 39.1 Å². The number of ether oxygens (including phenoxy) is 1. The Kier molecular flexibility index (Phi) is 8.68. The van der Waals surface area contributed by atoms with Gasteiger partial charge in [-0.25, -0.2) is 23.4 Å². The number of halogens is 4. The monoisotopic (exact) mass is 617 g/mol. The van der Waals surface area contributed by atoms with Gasteiger partial charge in [-0.2, -0.15) is 18.2 Å². The fourth-order valence-corrected chi connectivity index (χ4v) is 5.89. The van der Waals surface area contributed by atoms with Crippen molar-refractivity contribution in [2.75, 3.05) is 46.2 Å². The highest BCUT2D eigenvalue weighted by Gasteiger charge is 2.45. The second-order valence-corrected chi connectivity index (χ2v) is 12.7. The Morgan fingerprint density at radius 3 is 2.56 bits per heavy atom. The second-order valence-electron chi connectivity index (χ2n) is 10.2. The van der Waals surface area contributed by atoms with Crippen LogP contribution in [0.5, 0.6) is 0 Å². The minimum absolute atomic E-state index is 0.00546. The molecule has 0 bridgehead atoms. The Hall–Kier alpha value is -3.21. The van der Waals surface area contributed by atoms with Gasteiger partial charge in [0.05, 0.1) is 22.8 Å². The Morgan fingerprint density at radius 1 is 1.22 bits per heavy atom. The third kappa shape index (κ3) is 6.99. The van der Waals surface area contributed by atoms with Gasteiger partial charge < -0.3 is 31.3 Å². The molecule has 4 rings (SSSR count). The van der Waals surface area contributed by atoms with Crippen molar-refractivity contribution in [3.05, 3.63) is 46.9 Å². The van der Waals surface area contributed by atoms with Gasteiger partial charge in [0.15, 0.2) is 34.6 Å². The zero-order chi connectivity index (χ0) is 30.2. The van der Waals surface area contributed by atoms with E-state index in [0.29, 0.717) is 25.9 Å². The summed E-state index contributed by atoms with van der Waals surface area (Å²) in [5, 5.41) is 2.17. The molecule has 41 heavy (non-hydrogen) atoms. The lowest BCUT2D eigenvalue weighted by atomic mass is 9.90. The number of aliphatic imine (C=N–C) groups is 1. The highest BCUT2D eigenvalue weighted by Crippen LogP contribution is 2.38. The lowest BCUT2D eigenvalue weighted by molar-refractivity contribution is -0.157. The molecule has 224 valence electrons. The zero-order valence-electron chi connectivity index (χ0n) is 22.6. The van der Waals surface area contributed by atoms with Gasteiger partial charge in [0.1, 0.15) is 5.02 Å². The number of anilines is 2. The van der Waals surface area contributed by atoms with Crippen molar-refractivity contribution >= 4 is 38.8 Å². The van der Waals surface area contributed by atoms with Gasteiger partial charge in [0, 0.05) is 32.8 Å². The van der Waals surface area contributed by atoms with E-state index in [-0.39, 0.29) is 45.3 Å². The van der Waals surface area contributed by atoms with Crippen molar-refractivity contribution in [2.45, 2.75) is 41.3 Å². The predicted octanol–water partition coefficient (Wildman–Crippen LogP) is 2.36. The Balaban J connectivity index is 1.71. The van der Waals surface area contributed by atoms with Crippen LogP contribution >= 0.6 is 11.6 Å². The van der Waals surface area contributed by atoms with Crippen LogP contribution in [0, 0.1) is 0 Å². The van der Waals surface area contributed by atoms with Gasteiger partial charge >= 0.3 is 6.18 Å². The van der Waals surface area contributed by atoms with E-state index in [4.69, 9.17) is 27.8 Å². The van der Waals surface area contributed by atoms with Gasteiger partial charge in [0.25, 0.3) is 0 Å². The first-order valence-corrected chi connectivity index (χ1v) is 14.5. The molecule has 0 spiro atoms. The molecule has 0 aromatic carbocycles. The van der Waals surface area contributed by atoms with Crippen molar-refractivity contribution in [1.29, 1.82) is 0 Å². The number of nitrogens with zero attached hydrogens (tertiary/aromatic N) is 6. The first kappa shape index (κ1) is 30.7. The first-order chi connectivity index (χ1) is 19.1. The molecule has 0 saturated heterocycles. The SMILES string of the molecule is CN(C)CCN(C)C1=C(N)CC(N)(c2ncc(Cl)c(Nc3cccnc3S(=O)(=O)C3CC3)n2)C(OCC(F)(F)F)=N1. The van der Waals surface area contributed by atoms with Crippen LogP contribution in [0.15, 0.2) is 46.1 Å². The normalized spacial score (nSPS) is 19.8. The third-order valence-electron chi connectivity index (χ3n) is 6.36. The Bertz CT molecular complexity index is 1470. The molecule has 1 unspecified atom stereocenters. The topological polar surface area (TPSA) is 165 Å². The summed E-state index contributed by atoms with van der Waals surface area (Å²) >= 11 is 6.33. The number of aromatic nitrogens is 3. The number of likely N-dealkylation sites (N-methyl/N-ethyl adjacent to an activating group) is 2. The molecule has 12 nitrogen and oxygen atoms in total. The maximum atomic E-state index is 13.2. The summed E-state index contributed by atoms with van der Waals surface area (Å²) in [7, 11) is 1.75. The van der Waals surface area contributed by atoms with E-state index in [9.17, 15) is 21.6 Å². The van der Waals surface area contributed by atoms with Crippen LogP contribution in [0.3, 0.4) is 0 Å². The predicted molar refractivity (Wildman–Crippen MR) is 147 cm³/mol. The van der Waals surface area contributed by atoms with Crippen LogP contribution in [0.1, 0.15) is 25.1 Å². The van der Waals surface area contributed by atoms with Crippen LogP contribution in [0.4, 0.5) is 24.7 Å². The molecule has 17 heteroatoms. The highest BCUT2D eigenvalue weighted by atomic mass is 35.5. The number of alkyl halides is 3. The third-order valence-corrected chi connectivity index (χ3v) is 8.85. The lowest BCUT2D eigenvalue weighted by Gasteiger charge is -2.35. The number of nitrogens with two attached hydrogens (primary N) is 2. The molecular formula is C24H31ClF3N9O3S. The minimum atomic E-state index is -4.68. The molecule has 3 heterocycles. The van der Waals surface area contributed by atoms with Gasteiger partial charge in [-0.3, -0.25) is 0 Å². The van der Waals surface area contributed by atoms with Gasteiger partial charge in [-0.15, -0.1) is 0 Å². The fraction of sp³-hybridized carbons (Fsp3) is 0.500. The second kappa shape index (κ2) is 11.6. The van der Waals surface area contributed by atoms with E-state index in [1.165, 1.54) is 24.5 Å². The summed E-state index contributed by atoms with van der Waals surface area (Å²) in [4.78, 5) is 20.5. The molecule has 1 aliphatic heterocycles. The number of hydrogen-bond acceptors (Lipinski definition) is 12. The summed E-state index contributed by atoms with van der Waals surface area (Å²) in [6.45, 7) is -0.563. The van der Waals surface area contributed by atoms with Crippen molar-refractivity contribution in [1.82, 2.24) is 24.8 Å². The molecule has 0 amide bonds. The molecule has 1 aliphatic carbocycles. The average Bonchev–Trinajstić information content (AvgIpc) is 3.74. The molecule has 0 radical (unpaired) electrons. The Labute approximate surface area is 240 Å². The molecular weight excluding hydrogens is 587 g/mol. The Morgan fingerprint density at radius 2 is 1.93 bits per heavy atom. The minimum Gasteiger partial charge on any atom is -0.469 e. The zero-order valence-corrected chi connectivity index (χ0v) is 24.2. The number of rotatable bonds is 10. The molecule has 2 aromatic heterocycles. The lowest BCUT2D eigenvalue weighted by Crippen LogP contribution is -2.52. The van der Waals surface area contributed by atoms with Crippen LogP contribution in [0.2, 0.25) is 5.02 Å². The molecule has 1 atom stereocenters. The standard InChI is InChI=1S/C24H31ClF3N9O3S/c1-36(2)9-10-37(3)19-16(29)11-23(30,22(35-19)40-13-24(26,27)28)21-32-12-15(25)18(34-21)33-17-5-4-8-31-20(17)41(38,39)14-6-7-14/h4-5,8,12,14H,6-7,9-11,13,29-30H2,1-3H3,(H,32,33,34). The summed E-state index contributed by atoms with van der Waals surface area (Å²) in [5.41, 5.74) is 11.3. The van der Waals surface area contributed by atoms with E-state index in [0.717, 1.165) is 0 Å². The van der Waals surface area contributed by atoms with Crippen LogP contribution in [-0.4, -0.2) is 91.3 Å². The molecule has 2 aromatic rings. The fourth-order valence-electron chi connectivity index (χ4n) is 4.04. The van der Waals surface area contributed by atoms with Crippen LogP contribution in [0.25, 0.3) is 0 Å². The van der Waals surface area contributed by atoms with E-state index in [1.807, 2.05) is 19.0 Å². The molecule has 1 fully saturated rings. The van der Waals surface area contributed by atoms with E-state index >= 15 is 0 Å². The summed E-state index contributed by atoms with van der Waals surface area (Å²) in [6, 6.07) is 3.03. The number of nitrogens with one attached hydrogen (secondary N) is 1. The molecule has 5 N–H and O–H groups in total. The smallest absolute Gasteiger partial charge is 0.422 e. The summed E-state index contributed by atoms with van der Waals surface area (Å²) in [6.07, 6.45) is -1.29. The van der Waals surface area contributed by atoms with E-state index < -0.39 is 39.3 Å². The van der Waals surface area contributed by atoms with Crippen molar-refractivity contribution in [3.8, 4) is 0 Å². The van der Waals surface area contributed by atoms with Crippen molar-refractivity contribution in [3.63, 3.8) is 0 Å². The van der Waals surface area contributed by atoms with Crippen molar-refractivity contribution in [2.24, 2.45) is 16.5 Å². The highest BCUT2D eigenvalue weighted by molar-refractivity contribution is 7.92. The first-order valence-electron chi connectivity index (χ1n) is 12.5. The largest absolute Gasteiger partial charge is 0.469 e. The average molecular weight is 618 g/mol. The van der Waals surface area contributed by atoms with Crippen LogP contribution < -0.4 is 16.8 Å². The summed E-state index contributed by atoms with van der Waals surface area (Å²) < 4.78 is 70.5. The number of hydrogen-bond donors (Lipinski definition) is 3. The van der Waals surface area contributed by atoms with Crippen LogP contribution in [-0.2, 0) is 20.1 Å². The van der Waals surface area contributed by atoms with Crippen molar-refractivity contribution < 1.29 is 26.3 Å². The number of sulfone groups is 1. The van der Waals surface area contributed by atoms with Gasteiger partial charge in [0.2, 0.25) is 15.7 Å².